The molecular weight excluding hydrogens is 216 g/mol. The highest BCUT2D eigenvalue weighted by molar-refractivity contribution is 5.78. The first-order valence-electron chi connectivity index (χ1n) is 6.62. The summed E-state index contributed by atoms with van der Waals surface area (Å²) in [6, 6.07) is 0.723. The van der Waals surface area contributed by atoms with Gasteiger partial charge in [-0.1, -0.05) is 12.8 Å². The normalized spacial score (nSPS) is 20.7. The summed E-state index contributed by atoms with van der Waals surface area (Å²) in [5.41, 5.74) is -0.781. The van der Waals surface area contributed by atoms with Gasteiger partial charge in [0.1, 0.15) is 5.54 Å². The van der Waals surface area contributed by atoms with Crippen molar-refractivity contribution in [2.24, 2.45) is 0 Å². The van der Waals surface area contributed by atoms with Crippen LogP contribution in [0.4, 0.5) is 0 Å². The third-order valence-corrected chi connectivity index (χ3v) is 4.16. The summed E-state index contributed by atoms with van der Waals surface area (Å²) in [5, 5.41) is 12.0. The van der Waals surface area contributed by atoms with E-state index in [4.69, 9.17) is 5.11 Å². The Morgan fingerprint density at radius 1 is 1.47 bits per heavy atom. The molecule has 1 fully saturated rings. The summed E-state index contributed by atoms with van der Waals surface area (Å²) in [6.45, 7) is 2.75. The van der Waals surface area contributed by atoms with Crippen LogP contribution in [0.15, 0.2) is 0 Å². The largest absolute Gasteiger partial charge is 0.480 e. The van der Waals surface area contributed by atoms with E-state index in [2.05, 4.69) is 17.3 Å². The van der Waals surface area contributed by atoms with Gasteiger partial charge in [-0.2, -0.15) is 0 Å². The molecule has 0 spiro atoms. The minimum atomic E-state index is -0.781. The average Bonchev–Trinajstić information content (AvgIpc) is 2.81. The zero-order valence-corrected chi connectivity index (χ0v) is 11.3. The Kier molecular flexibility index (Phi) is 5.40. The molecule has 1 aliphatic carbocycles. The molecule has 1 saturated carbocycles. The van der Waals surface area contributed by atoms with E-state index >= 15 is 0 Å². The number of rotatable bonds is 7. The molecule has 100 valence electrons. The van der Waals surface area contributed by atoms with Crippen LogP contribution in [-0.4, -0.2) is 48.2 Å². The van der Waals surface area contributed by atoms with Crippen molar-refractivity contribution in [3.8, 4) is 0 Å². The second-order valence-corrected chi connectivity index (χ2v) is 5.41. The van der Waals surface area contributed by atoms with Gasteiger partial charge in [0.05, 0.1) is 0 Å². The lowest BCUT2D eigenvalue weighted by Gasteiger charge is -2.27. The van der Waals surface area contributed by atoms with Crippen LogP contribution in [0.25, 0.3) is 0 Å². The fraction of sp³-hybridized carbons (Fsp3) is 0.923. The maximum Gasteiger partial charge on any atom is 0.323 e. The summed E-state index contributed by atoms with van der Waals surface area (Å²) < 4.78 is 0. The van der Waals surface area contributed by atoms with Crippen molar-refractivity contribution in [1.82, 2.24) is 10.2 Å². The van der Waals surface area contributed by atoms with Gasteiger partial charge >= 0.3 is 5.97 Å². The van der Waals surface area contributed by atoms with Crippen LogP contribution in [0.2, 0.25) is 0 Å². The number of carbonyl (C=O) groups is 1. The monoisotopic (exact) mass is 242 g/mol. The van der Waals surface area contributed by atoms with Gasteiger partial charge in [-0.25, -0.2) is 0 Å². The summed E-state index contributed by atoms with van der Waals surface area (Å²) in [5.74, 6) is -0.761. The van der Waals surface area contributed by atoms with E-state index in [0.29, 0.717) is 6.42 Å². The van der Waals surface area contributed by atoms with E-state index in [1.165, 1.54) is 25.7 Å². The maximum absolute atomic E-state index is 11.1. The van der Waals surface area contributed by atoms with E-state index in [-0.39, 0.29) is 0 Å². The number of carboxylic acid groups (broad SMARTS) is 1. The molecule has 0 aliphatic heterocycles. The smallest absolute Gasteiger partial charge is 0.323 e. The average molecular weight is 242 g/mol. The number of likely N-dealkylation sites (N-methyl/N-ethyl adjacent to an activating group) is 1. The van der Waals surface area contributed by atoms with Crippen molar-refractivity contribution in [3.05, 3.63) is 0 Å². The molecule has 1 aliphatic rings. The highest BCUT2D eigenvalue weighted by Gasteiger charge is 2.30. The Morgan fingerprint density at radius 2 is 2.06 bits per heavy atom. The van der Waals surface area contributed by atoms with E-state index in [9.17, 15) is 4.79 Å². The van der Waals surface area contributed by atoms with Crippen LogP contribution in [-0.2, 0) is 4.79 Å². The van der Waals surface area contributed by atoms with Crippen molar-refractivity contribution in [2.75, 3.05) is 20.6 Å². The lowest BCUT2D eigenvalue weighted by Crippen LogP contribution is -2.48. The second-order valence-electron chi connectivity index (χ2n) is 5.41. The number of nitrogens with zero attached hydrogens (tertiary/aromatic N) is 1. The standard InChI is InChI=1S/C13H26N2O2/c1-13(14-2,12(16)17)9-6-10-15(3)11-7-4-5-8-11/h11,14H,4-10H2,1-3H3,(H,16,17). The first-order valence-corrected chi connectivity index (χ1v) is 6.62. The molecule has 0 heterocycles. The molecule has 17 heavy (non-hydrogen) atoms. The topological polar surface area (TPSA) is 52.6 Å². The predicted molar refractivity (Wildman–Crippen MR) is 69.2 cm³/mol. The van der Waals surface area contributed by atoms with Crippen molar-refractivity contribution < 1.29 is 9.90 Å². The quantitative estimate of drug-likeness (QED) is 0.713. The molecule has 0 saturated heterocycles. The Hall–Kier alpha value is -0.610. The molecule has 1 atom stereocenters. The van der Waals surface area contributed by atoms with Gasteiger partial charge in [-0.05, 0) is 53.2 Å². The summed E-state index contributed by atoms with van der Waals surface area (Å²) in [6.07, 6.45) is 6.90. The van der Waals surface area contributed by atoms with E-state index < -0.39 is 11.5 Å². The zero-order chi connectivity index (χ0) is 12.9. The number of hydrogen-bond donors (Lipinski definition) is 2. The Labute approximate surface area is 104 Å². The second kappa shape index (κ2) is 6.36. The van der Waals surface area contributed by atoms with Crippen LogP contribution in [0, 0.1) is 0 Å². The Morgan fingerprint density at radius 3 is 2.53 bits per heavy atom. The third kappa shape index (κ3) is 3.96. The van der Waals surface area contributed by atoms with Gasteiger partial charge in [0.25, 0.3) is 0 Å². The first kappa shape index (κ1) is 14.5. The predicted octanol–water partition coefficient (Wildman–Crippen LogP) is 1.70. The van der Waals surface area contributed by atoms with Crippen molar-refractivity contribution >= 4 is 5.97 Å². The SMILES string of the molecule is CNC(C)(CCCN(C)C1CCCC1)C(=O)O. The molecule has 0 amide bonds. The number of hydrogen-bond acceptors (Lipinski definition) is 3. The van der Waals surface area contributed by atoms with E-state index in [0.717, 1.165) is 19.0 Å². The molecule has 1 rings (SSSR count). The van der Waals surface area contributed by atoms with Crippen LogP contribution in [0.5, 0.6) is 0 Å². The van der Waals surface area contributed by atoms with Crippen LogP contribution < -0.4 is 5.32 Å². The lowest BCUT2D eigenvalue weighted by atomic mass is 9.96. The first-order chi connectivity index (χ1) is 7.99. The number of carboxylic acids is 1. The van der Waals surface area contributed by atoms with Gasteiger partial charge in [0.15, 0.2) is 0 Å². The van der Waals surface area contributed by atoms with Gasteiger partial charge in [0, 0.05) is 6.04 Å². The third-order valence-electron chi connectivity index (χ3n) is 4.16. The fourth-order valence-corrected chi connectivity index (χ4v) is 2.55. The molecule has 0 aromatic rings. The van der Waals surface area contributed by atoms with Gasteiger partial charge in [-0.3, -0.25) is 4.79 Å². The van der Waals surface area contributed by atoms with Gasteiger partial charge in [0.2, 0.25) is 0 Å². The highest BCUT2D eigenvalue weighted by Crippen LogP contribution is 2.23. The minimum Gasteiger partial charge on any atom is -0.480 e. The van der Waals surface area contributed by atoms with E-state index in [1.54, 1.807) is 14.0 Å². The summed E-state index contributed by atoms with van der Waals surface area (Å²) in [4.78, 5) is 13.5. The van der Waals surface area contributed by atoms with Crippen LogP contribution in [0.1, 0.15) is 45.4 Å². The molecule has 1 unspecified atom stereocenters. The van der Waals surface area contributed by atoms with Crippen molar-refractivity contribution in [1.29, 1.82) is 0 Å². The fourth-order valence-electron chi connectivity index (χ4n) is 2.55. The van der Waals surface area contributed by atoms with Gasteiger partial charge < -0.3 is 15.3 Å². The van der Waals surface area contributed by atoms with Crippen molar-refractivity contribution in [2.45, 2.75) is 57.0 Å². The Bertz CT molecular complexity index is 252. The highest BCUT2D eigenvalue weighted by atomic mass is 16.4. The summed E-state index contributed by atoms with van der Waals surface area (Å²) in [7, 11) is 3.88. The molecule has 0 aromatic heterocycles. The number of aliphatic carboxylic acids is 1. The molecule has 4 heteroatoms. The molecular formula is C13H26N2O2. The van der Waals surface area contributed by atoms with Crippen molar-refractivity contribution in [3.63, 3.8) is 0 Å². The lowest BCUT2D eigenvalue weighted by molar-refractivity contribution is -0.144. The zero-order valence-electron chi connectivity index (χ0n) is 11.3. The molecule has 0 radical (unpaired) electrons. The minimum absolute atomic E-state index is 0.676. The number of nitrogens with one attached hydrogen (secondary N) is 1. The summed E-state index contributed by atoms with van der Waals surface area (Å²) >= 11 is 0. The maximum atomic E-state index is 11.1. The van der Waals surface area contributed by atoms with Gasteiger partial charge in [-0.15, -0.1) is 0 Å². The Balaban J connectivity index is 2.28. The molecule has 2 N–H and O–H groups in total. The van der Waals surface area contributed by atoms with Crippen LogP contribution in [0.3, 0.4) is 0 Å². The van der Waals surface area contributed by atoms with E-state index in [1.807, 2.05) is 0 Å². The molecule has 0 aromatic carbocycles. The molecule has 0 bridgehead atoms. The van der Waals surface area contributed by atoms with Crippen LogP contribution >= 0.6 is 0 Å². The molecule has 4 nitrogen and oxygen atoms in total.